The minimum absolute atomic E-state index is 0.254. The fourth-order valence-electron chi connectivity index (χ4n) is 4.25. The van der Waals surface area contributed by atoms with Crippen LogP contribution in [-0.2, 0) is 19.8 Å². The topological polar surface area (TPSA) is 35.5 Å². The quantitative estimate of drug-likeness (QED) is 0.168. The van der Waals surface area contributed by atoms with Crippen molar-refractivity contribution in [2.75, 3.05) is 13.2 Å². The van der Waals surface area contributed by atoms with Gasteiger partial charge in [-0.15, -0.1) is 0 Å². The molecule has 0 aliphatic heterocycles. The van der Waals surface area contributed by atoms with Crippen molar-refractivity contribution in [3.05, 3.63) is 143 Å². The Morgan fingerprint density at radius 3 is 1.23 bits per heavy atom. The molecular formula is C31H31O3P. The number of hydrogen-bond acceptors (Lipinski definition) is 3. The fourth-order valence-corrected chi connectivity index (χ4v) is 5.95. The van der Waals surface area contributed by atoms with Crippen LogP contribution < -0.4 is 0 Å². The zero-order chi connectivity index (χ0) is 24.5. The molecule has 4 rings (SSSR count). The molecular weight excluding hydrogens is 451 g/mol. The second-order valence-corrected chi connectivity index (χ2v) is 10.2. The molecule has 0 atom stereocenters. The van der Waals surface area contributed by atoms with Crippen molar-refractivity contribution in [1.29, 1.82) is 0 Å². The highest BCUT2D eigenvalue weighted by Gasteiger charge is 2.24. The summed E-state index contributed by atoms with van der Waals surface area (Å²) < 4.78 is 24.0. The van der Waals surface area contributed by atoms with Crippen LogP contribution in [0.4, 0.5) is 0 Å². The van der Waals surface area contributed by atoms with Crippen LogP contribution in [0.2, 0.25) is 0 Å². The molecule has 4 aromatic carbocycles. The van der Waals surface area contributed by atoms with Gasteiger partial charge in [-0.2, -0.15) is 0 Å². The Bertz CT molecular complexity index is 1230. The molecule has 0 spiro atoms. The standard InChI is InChI=1S/C31H31O3P/c1-3-33-35(32,34-4-2)24-25-20-22-29(23-21-25)31(28-18-12-7-13-19-28)30(26-14-8-5-9-15-26)27-16-10-6-11-17-27/h5-23H,3-4,24H2,1-2H3. The molecule has 0 aromatic heterocycles. The minimum Gasteiger partial charge on any atom is -0.309 e. The number of rotatable bonds is 10. The zero-order valence-electron chi connectivity index (χ0n) is 20.3. The second kappa shape index (κ2) is 12.0. The van der Waals surface area contributed by atoms with E-state index in [1.165, 1.54) is 5.57 Å². The third-order valence-corrected chi connectivity index (χ3v) is 7.76. The van der Waals surface area contributed by atoms with Crippen molar-refractivity contribution in [3.63, 3.8) is 0 Å². The molecule has 0 aliphatic rings. The van der Waals surface area contributed by atoms with E-state index in [2.05, 4.69) is 84.9 Å². The highest BCUT2D eigenvalue weighted by molar-refractivity contribution is 7.53. The van der Waals surface area contributed by atoms with Gasteiger partial charge in [-0.1, -0.05) is 115 Å². The van der Waals surface area contributed by atoms with E-state index in [0.29, 0.717) is 13.2 Å². The maximum atomic E-state index is 13.0. The van der Waals surface area contributed by atoms with E-state index in [-0.39, 0.29) is 6.16 Å². The molecule has 178 valence electrons. The van der Waals surface area contributed by atoms with Gasteiger partial charge in [-0.25, -0.2) is 0 Å². The Morgan fingerprint density at radius 1 is 0.543 bits per heavy atom. The van der Waals surface area contributed by atoms with Gasteiger partial charge in [0.05, 0.1) is 19.4 Å². The van der Waals surface area contributed by atoms with Crippen molar-refractivity contribution in [3.8, 4) is 0 Å². The van der Waals surface area contributed by atoms with Crippen molar-refractivity contribution in [1.82, 2.24) is 0 Å². The first-order valence-corrected chi connectivity index (χ1v) is 13.7. The summed E-state index contributed by atoms with van der Waals surface area (Å²) in [5, 5.41) is 0. The van der Waals surface area contributed by atoms with Crippen LogP contribution in [0.3, 0.4) is 0 Å². The minimum atomic E-state index is -3.16. The third-order valence-electron chi connectivity index (χ3n) is 5.71. The molecule has 4 heteroatoms. The molecule has 0 unspecified atom stereocenters. The van der Waals surface area contributed by atoms with E-state index in [4.69, 9.17) is 9.05 Å². The Balaban J connectivity index is 1.86. The SMILES string of the molecule is CCOP(=O)(Cc1ccc(C(=C(c2ccccc2)c2ccccc2)c2ccccc2)cc1)OCC. The Morgan fingerprint density at radius 2 is 0.886 bits per heavy atom. The van der Waals surface area contributed by atoms with Crippen molar-refractivity contribution in [2.45, 2.75) is 20.0 Å². The summed E-state index contributed by atoms with van der Waals surface area (Å²) in [6.45, 7) is 4.38. The van der Waals surface area contributed by atoms with Crippen LogP contribution >= 0.6 is 7.60 Å². The summed E-state index contributed by atoms with van der Waals surface area (Å²) in [5.74, 6) is 0. The van der Waals surface area contributed by atoms with Crippen molar-refractivity contribution < 1.29 is 13.6 Å². The Labute approximate surface area is 208 Å². The molecule has 35 heavy (non-hydrogen) atoms. The van der Waals surface area contributed by atoms with Crippen LogP contribution in [0, 0.1) is 0 Å². The third kappa shape index (κ3) is 6.26. The highest BCUT2D eigenvalue weighted by atomic mass is 31.2. The first kappa shape index (κ1) is 24.9. The molecule has 0 amide bonds. The molecule has 0 saturated carbocycles. The molecule has 0 aliphatic carbocycles. The molecule has 0 N–H and O–H groups in total. The molecule has 0 bridgehead atoms. The molecule has 0 radical (unpaired) electrons. The van der Waals surface area contributed by atoms with E-state index < -0.39 is 7.60 Å². The smallest absolute Gasteiger partial charge is 0.309 e. The predicted octanol–water partition coefficient (Wildman–Crippen LogP) is 8.46. The highest BCUT2D eigenvalue weighted by Crippen LogP contribution is 2.51. The van der Waals surface area contributed by atoms with Crippen molar-refractivity contribution >= 4 is 18.7 Å². The van der Waals surface area contributed by atoms with Gasteiger partial charge in [0, 0.05) is 0 Å². The van der Waals surface area contributed by atoms with E-state index >= 15 is 0 Å². The van der Waals surface area contributed by atoms with Gasteiger partial charge in [-0.3, -0.25) is 4.57 Å². The lowest BCUT2D eigenvalue weighted by molar-refractivity contribution is 0.219. The van der Waals surface area contributed by atoms with E-state index in [1.54, 1.807) is 0 Å². The van der Waals surface area contributed by atoms with Gasteiger partial charge in [0.25, 0.3) is 0 Å². The molecule has 0 heterocycles. The molecule has 3 nitrogen and oxygen atoms in total. The first-order valence-electron chi connectivity index (χ1n) is 12.0. The zero-order valence-corrected chi connectivity index (χ0v) is 21.2. The molecule has 0 fully saturated rings. The normalized spacial score (nSPS) is 11.3. The van der Waals surface area contributed by atoms with Crippen LogP contribution in [0.25, 0.3) is 11.1 Å². The second-order valence-electron chi connectivity index (χ2n) is 8.15. The van der Waals surface area contributed by atoms with Gasteiger partial charge in [-0.05, 0) is 52.8 Å². The van der Waals surface area contributed by atoms with Gasteiger partial charge in [0.2, 0.25) is 0 Å². The number of hydrogen-bond donors (Lipinski definition) is 0. The Kier molecular flexibility index (Phi) is 8.50. The lowest BCUT2D eigenvalue weighted by Crippen LogP contribution is -2.00. The van der Waals surface area contributed by atoms with Gasteiger partial charge in [0.1, 0.15) is 0 Å². The van der Waals surface area contributed by atoms with E-state index in [9.17, 15) is 4.57 Å². The summed E-state index contributed by atoms with van der Waals surface area (Å²) >= 11 is 0. The first-order chi connectivity index (χ1) is 17.1. The summed E-state index contributed by atoms with van der Waals surface area (Å²) in [6.07, 6.45) is 0.254. The van der Waals surface area contributed by atoms with Crippen molar-refractivity contribution in [2.24, 2.45) is 0 Å². The molecule has 0 saturated heterocycles. The fraction of sp³-hybridized carbons (Fsp3) is 0.161. The summed E-state index contributed by atoms with van der Waals surface area (Å²) in [4.78, 5) is 0. The average Bonchev–Trinajstić information content (AvgIpc) is 2.89. The van der Waals surface area contributed by atoms with Gasteiger partial charge >= 0.3 is 7.60 Å². The lowest BCUT2D eigenvalue weighted by Gasteiger charge is -2.19. The van der Waals surface area contributed by atoms with Gasteiger partial charge < -0.3 is 9.05 Å². The lowest BCUT2D eigenvalue weighted by atomic mass is 9.85. The van der Waals surface area contributed by atoms with Crippen LogP contribution in [0.1, 0.15) is 41.7 Å². The Hall–Kier alpha value is -3.23. The molecule has 4 aromatic rings. The maximum absolute atomic E-state index is 13.0. The summed E-state index contributed by atoms with van der Waals surface area (Å²) in [6, 6.07) is 39.7. The van der Waals surface area contributed by atoms with Gasteiger partial charge in [0.15, 0.2) is 0 Å². The van der Waals surface area contributed by atoms with Crippen LogP contribution in [0.15, 0.2) is 115 Å². The number of benzene rings is 4. The average molecular weight is 483 g/mol. The summed E-state index contributed by atoms with van der Waals surface area (Å²) in [7, 11) is -3.16. The maximum Gasteiger partial charge on any atom is 0.335 e. The largest absolute Gasteiger partial charge is 0.335 e. The predicted molar refractivity (Wildman–Crippen MR) is 145 cm³/mol. The van der Waals surface area contributed by atoms with Crippen LogP contribution in [0.5, 0.6) is 0 Å². The van der Waals surface area contributed by atoms with E-state index in [0.717, 1.165) is 33.4 Å². The monoisotopic (exact) mass is 482 g/mol. The van der Waals surface area contributed by atoms with Crippen LogP contribution in [-0.4, -0.2) is 13.2 Å². The summed E-state index contributed by atoms with van der Waals surface area (Å²) in [5.41, 5.74) is 7.76. The van der Waals surface area contributed by atoms with E-state index in [1.807, 2.05) is 44.2 Å².